The molecule has 0 aliphatic heterocycles. The second-order valence-corrected chi connectivity index (χ2v) is 7.56. The summed E-state index contributed by atoms with van der Waals surface area (Å²) in [6.45, 7) is 4.39. The van der Waals surface area contributed by atoms with E-state index in [-0.39, 0.29) is 0 Å². The average Bonchev–Trinajstić information content (AvgIpc) is 2.80. The van der Waals surface area contributed by atoms with Crippen molar-refractivity contribution in [3.05, 3.63) is 56.7 Å². The van der Waals surface area contributed by atoms with Gasteiger partial charge in [0, 0.05) is 17.0 Å². The number of benzene rings is 1. The van der Waals surface area contributed by atoms with E-state index < -0.39 is 0 Å². The van der Waals surface area contributed by atoms with E-state index in [4.69, 9.17) is 11.6 Å². The zero-order chi connectivity index (χ0) is 14.1. The van der Waals surface area contributed by atoms with Gasteiger partial charge in [0.15, 0.2) is 0 Å². The van der Waals surface area contributed by atoms with Crippen LogP contribution in [0.4, 0.5) is 0 Å². The average molecular weight is 306 g/mol. The highest BCUT2D eigenvalue weighted by molar-refractivity contribution is 7.16. The number of halogens is 1. The zero-order valence-corrected chi connectivity index (χ0v) is 13.5. The fourth-order valence-electron chi connectivity index (χ4n) is 2.95. The van der Waals surface area contributed by atoms with Gasteiger partial charge in [-0.1, -0.05) is 41.4 Å². The first-order valence-electron chi connectivity index (χ1n) is 7.19. The SMILES string of the molecule is Cc1cccc(C2CC(NC(C)c3ccc(Cl)s3)C2)c1. The third-order valence-corrected chi connectivity index (χ3v) is 5.57. The smallest absolute Gasteiger partial charge is 0.0931 e. The third kappa shape index (κ3) is 3.08. The molecule has 0 amide bonds. The molecule has 1 fully saturated rings. The molecule has 3 rings (SSSR count). The Morgan fingerprint density at radius 1 is 1.25 bits per heavy atom. The predicted octanol–water partition coefficient (Wildman–Crippen LogP) is 5.31. The summed E-state index contributed by atoms with van der Waals surface area (Å²) in [6.07, 6.45) is 2.49. The second kappa shape index (κ2) is 5.88. The van der Waals surface area contributed by atoms with Gasteiger partial charge >= 0.3 is 0 Å². The van der Waals surface area contributed by atoms with Gasteiger partial charge in [0.2, 0.25) is 0 Å². The van der Waals surface area contributed by atoms with E-state index in [1.807, 2.05) is 6.07 Å². The maximum Gasteiger partial charge on any atom is 0.0931 e. The molecule has 1 unspecified atom stereocenters. The van der Waals surface area contributed by atoms with Crippen LogP contribution in [0.2, 0.25) is 4.34 Å². The molecule has 106 valence electrons. The Morgan fingerprint density at radius 2 is 2.05 bits per heavy atom. The van der Waals surface area contributed by atoms with Crippen molar-refractivity contribution < 1.29 is 0 Å². The molecule has 1 aliphatic rings. The minimum absolute atomic E-state index is 0.399. The number of aryl methyl sites for hydroxylation is 1. The zero-order valence-electron chi connectivity index (χ0n) is 11.9. The van der Waals surface area contributed by atoms with Gasteiger partial charge in [-0.25, -0.2) is 0 Å². The van der Waals surface area contributed by atoms with Crippen LogP contribution in [0.1, 0.15) is 47.7 Å². The molecular weight excluding hydrogens is 286 g/mol. The summed E-state index contributed by atoms with van der Waals surface area (Å²) in [5.74, 6) is 0.728. The molecule has 2 aromatic rings. The van der Waals surface area contributed by atoms with Crippen LogP contribution >= 0.6 is 22.9 Å². The number of thiophene rings is 1. The van der Waals surface area contributed by atoms with Gasteiger partial charge in [-0.3, -0.25) is 0 Å². The van der Waals surface area contributed by atoms with Crippen LogP contribution in [0.25, 0.3) is 0 Å². The van der Waals surface area contributed by atoms with Crippen LogP contribution in [0.3, 0.4) is 0 Å². The fourth-order valence-corrected chi connectivity index (χ4v) is 4.02. The summed E-state index contributed by atoms with van der Waals surface area (Å²) in [5, 5.41) is 3.71. The molecule has 1 nitrogen and oxygen atoms in total. The summed E-state index contributed by atoms with van der Waals surface area (Å²) in [7, 11) is 0. The van der Waals surface area contributed by atoms with Gasteiger partial charge in [0.25, 0.3) is 0 Å². The monoisotopic (exact) mass is 305 g/mol. The van der Waals surface area contributed by atoms with Crippen LogP contribution in [0.15, 0.2) is 36.4 Å². The summed E-state index contributed by atoms with van der Waals surface area (Å²) >= 11 is 7.67. The van der Waals surface area contributed by atoms with Gasteiger partial charge in [-0.2, -0.15) is 0 Å². The Kier molecular flexibility index (Phi) is 4.16. The van der Waals surface area contributed by atoms with Gasteiger partial charge in [0.05, 0.1) is 4.34 Å². The van der Waals surface area contributed by atoms with Crippen LogP contribution in [0.5, 0.6) is 0 Å². The van der Waals surface area contributed by atoms with Crippen LogP contribution in [-0.2, 0) is 0 Å². The quantitative estimate of drug-likeness (QED) is 0.807. The Labute approximate surface area is 130 Å². The van der Waals surface area contributed by atoms with E-state index in [1.54, 1.807) is 11.3 Å². The number of nitrogens with one attached hydrogen (secondary N) is 1. The number of hydrogen-bond acceptors (Lipinski definition) is 2. The van der Waals surface area contributed by atoms with Crippen molar-refractivity contribution in [2.75, 3.05) is 0 Å². The predicted molar refractivity (Wildman–Crippen MR) is 87.8 cm³/mol. The van der Waals surface area contributed by atoms with E-state index in [1.165, 1.54) is 28.8 Å². The number of hydrogen-bond donors (Lipinski definition) is 1. The normalized spacial score (nSPS) is 23.4. The van der Waals surface area contributed by atoms with Crippen molar-refractivity contribution in [2.24, 2.45) is 0 Å². The van der Waals surface area contributed by atoms with Crippen LogP contribution in [-0.4, -0.2) is 6.04 Å². The summed E-state index contributed by atoms with van der Waals surface area (Å²) < 4.78 is 0.875. The lowest BCUT2D eigenvalue weighted by Gasteiger charge is -2.38. The Balaban J connectivity index is 1.53. The highest BCUT2D eigenvalue weighted by Gasteiger charge is 2.31. The molecule has 0 saturated heterocycles. The highest BCUT2D eigenvalue weighted by Crippen LogP contribution is 2.38. The second-order valence-electron chi connectivity index (χ2n) is 5.81. The lowest BCUT2D eigenvalue weighted by Crippen LogP contribution is -2.41. The van der Waals surface area contributed by atoms with E-state index in [9.17, 15) is 0 Å². The van der Waals surface area contributed by atoms with Gasteiger partial charge in [0.1, 0.15) is 0 Å². The molecule has 1 atom stereocenters. The van der Waals surface area contributed by atoms with Crippen LogP contribution < -0.4 is 5.32 Å². The molecule has 1 saturated carbocycles. The fraction of sp³-hybridized carbons (Fsp3) is 0.412. The summed E-state index contributed by atoms with van der Waals surface area (Å²) in [5.41, 5.74) is 2.86. The molecule has 3 heteroatoms. The Hall–Kier alpha value is -0.830. The van der Waals surface area contributed by atoms with Gasteiger partial charge in [-0.15, -0.1) is 11.3 Å². The van der Waals surface area contributed by atoms with Crippen molar-refractivity contribution in [2.45, 2.75) is 44.7 Å². The first-order chi connectivity index (χ1) is 9.61. The largest absolute Gasteiger partial charge is 0.307 e. The first kappa shape index (κ1) is 14.1. The minimum atomic E-state index is 0.399. The van der Waals surface area contributed by atoms with E-state index in [2.05, 4.69) is 49.5 Å². The van der Waals surface area contributed by atoms with Crippen molar-refractivity contribution in [1.82, 2.24) is 5.32 Å². The molecule has 1 aromatic heterocycles. The standard InChI is InChI=1S/C17H20ClNS/c1-11-4-3-5-13(8-11)14-9-15(10-14)19-12(2)16-6-7-17(18)20-16/h3-8,12,14-15,19H,9-10H2,1-2H3. The topological polar surface area (TPSA) is 12.0 Å². The molecule has 0 radical (unpaired) electrons. The van der Waals surface area contributed by atoms with E-state index in [0.717, 1.165) is 10.3 Å². The van der Waals surface area contributed by atoms with Crippen molar-refractivity contribution in [1.29, 1.82) is 0 Å². The molecular formula is C17H20ClNS. The highest BCUT2D eigenvalue weighted by atomic mass is 35.5. The molecule has 1 heterocycles. The maximum absolute atomic E-state index is 6.00. The lowest BCUT2D eigenvalue weighted by molar-refractivity contribution is 0.272. The molecule has 1 N–H and O–H groups in total. The van der Waals surface area contributed by atoms with Crippen molar-refractivity contribution in [3.63, 3.8) is 0 Å². The molecule has 1 aromatic carbocycles. The third-order valence-electron chi connectivity index (χ3n) is 4.16. The minimum Gasteiger partial charge on any atom is -0.307 e. The molecule has 20 heavy (non-hydrogen) atoms. The van der Waals surface area contributed by atoms with Crippen molar-refractivity contribution >= 4 is 22.9 Å². The molecule has 0 bridgehead atoms. The van der Waals surface area contributed by atoms with Gasteiger partial charge < -0.3 is 5.32 Å². The molecule has 0 spiro atoms. The van der Waals surface area contributed by atoms with Crippen LogP contribution in [0, 0.1) is 6.92 Å². The van der Waals surface area contributed by atoms with Gasteiger partial charge in [-0.05, 0) is 50.3 Å². The van der Waals surface area contributed by atoms with E-state index in [0.29, 0.717) is 12.1 Å². The number of rotatable bonds is 4. The van der Waals surface area contributed by atoms with Crippen molar-refractivity contribution in [3.8, 4) is 0 Å². The first-order valence-corrected chi connectivity index (χ1v) is 8.39. The molecule has 1 aliphatic carbocycles. The summed E-state index contributed by atoms with van der Waals surface area (Å²) in [6, 6.07) is 14.1. The Bertz CT molecular complexity index is 586. The summed E-state index contributed by atoms with van der Waals surface area (Å²) in [4.78, 5) is 1.33. The lowest BCUT2D eigenvalue weighted by atomic mass is 9.75. The van der Waals surface area contributed by atoms with E-state index >= 15 is 0 Å². The Morgan fingerprint density at radius 3 is 2.70 bits per heavy atom. The maximum atomic E-state index is 6.00.